The van der Waals surface area contributed by atoms with Crippen molar-refractivity contribution in [3.05, 3.63) is 50.7 Å². The molecule has 8 heteroatoms. The second kappa shape index (κ2) is 9.09. The Morgan fingerprint density at radius 2 is 2.00 bits per heavy atom. The Morgan fingerprint density at radius 3 is 2.71 bits per heavy atom. The summed E-state index contributed by atoms with van der Waals surface area (Å²) in [5.41, 5.74) is 0.410. The number of aromatic nitrogens is 2. The van der Waals surface area contributed by atoms with Crippen molar-refractivity contribution in [3.8, 4) is 11.5 Å². The summed E-state index contributed by atoms with van der Waals surface area (Å²) in [5, 5.41) is 0.471. The Balaban J connectivity index is 1.44. The van der Waals surface area contributed by atoms with Crippen molar-refractivity contribution in [2.75, 3.05) is 20.8 Å². The quantitative estimate of drug-likeness (QED) is 0.555. The number of fused-ring (bicyclic) bond motifs is 1. The average molecular weight is 442 g/mol. The molecule has 2 aromatic heterocycles. The van der Waals surface area contributed by atoms with Crippen LogP contribution < -0.4 is 15.0 Å². The second-order valence-electron chi connectivity index (χ2n) is 7.76. The third-order valence-electron chi connectivity index (χ3n) is 5.78. The molecule has 1 aromatic carbocycles. The summed E-state index contributed by atoms with van der Waals surface area (Å²) in [6.07, 6.45) is 4.59. The number of rotatable bonds is 7. The average Bonchev–Trinajstić information content (AvgIpc) is 3.43. The van der Waals surface area contributed by atoms with E-state index >= 15 is 0 Å². The van der Waals surface area contributed by atoms with Crippen molar-refractivity contribution in [2.24, 2.45) is 0 Å². The zero-order chi connectivity index (χ0) is 22.0. The first-order chi connectivity index (χ1) is 15.0. The van der Waals surface area contributed by atoms with Gasteiger partial charge in [-0.05, 0) is 44.4 Å². The number of likely N-dealkylation sites (tertiary alicyclic amines) is 1. The highest BCUT2D eigenvalue weighted by molar-refractivity contribution is 7.12. The highest BCUT2D eigenvalue weighted by Gasteiger charge is 2.30. The predicted octanol–water partition coefficient (Wildman–Crippen LogP) is 3.93. The van der Waals surface area contributed by atoms with E-state index in [0.717, 1.165) is 19.4 Å². The van der Waals surface area contributed by atoms with Crippen molar-refractivity contribution in [2.45, 2.75) is 45.2 Å². The van der Waals surface area contributed by atoms with Gasteiger partial charge in [0.05, 0.1) is 37.5 Å². The Labute approximate surface area is 185 Å². The molecule has 0 saturated carbocycles. The van der Waals surface area contributed by atoms with E-state index in [4.69, 9.17) is 9.47 Å². The Hall–Kier alpha value is -2.87. The molecule has 0 aliphatic carbocycles. The smallest absolute Gasteiger partial charge is 0.261 e. The number of carbonyl (C=O) groups is 1. The third kappa shape index (κ3) is 4.30. The van der Waals surface area contributed by atoms with E-state index < -0.39 is 0 Å². The minimum absolute atomic E-state index is 0.147. The van der Waals surface area contributed by atoms with Gasteiger partial charge >= 0.3 is 0 Å². The lowest BCUT2D eigenvalue weighted by atomic mass is 10.1. The number of methoxy groups -OCH3 is 2. The van der Waals surface area contributed by atoms with Gasteiger partial charge in [0.1, 0.15) is 0 Å². The van der Waals surface area contributed by atoms with Gasteiger partial charge in [-0.1, -0.05) is 0 Å². The zero-order valence-electron chi connectivity index (χ0n) is 18.1. The highest BCUT2D eigenvalue weighted by atomic mass is 32.1. The molecule has 0 spiro atoms. The van der Waals surface area contributed by atoms with Crippen LogP contribution in [0.3, 0.4) is 0 Å². The maximum Gasteiger partial charge on any atom is 0.261 e. The van der Waals surface area contributed by atoms with Gasteiger partial charge < -0.3 is 14.4 Å². The van der Waals surface area contributed by atoms with Gasteiger partial charge in [0, 0.05) is 35.3 Å². The number of benzene rings is 1. The first kappa shape index (κ1) is 21.4. The number of amides is 1. The van der Waals surface area contributed by atoms with Crippen LogP contribution in [0.4, 0.5) is 0 Å². The van der Waals surface area contributed by atoms with Gasteiger partial charge in [-0.2, -0.15) is 0 Å². The summed E-state index contributed by atoms with van der Waals surface area (Å²) in [5.74, 6) is 1.18. The van der Waals surface area contributed by atoms with Crippen LogP contribution in [0.5, 0.6) is 11.5 Å². The molecule has 1 saturated heterocycles. The zero-order valence-corrected chi connectivity index (χ0v) is 18.9. The van der Waals surface area contributed by atoms with Crippen molar-refractivity contribution in [1.29, 1.82) is 0 Å². The molecule has 1 fully saturated rings. The molecule has 164 valence electrons. The van der Waals surface area contributed by atoms with E-state index in [1.54, 1.807) is 35.1 Å². The highest BCUT2D eigenvalue weighted by Crippen LogP contribution is 2.36. The fraction of sp³-hybridized carbons (Fsp3) is 0.435. The van der Waals surface area contributed by atoms with Crippen LogP contribution in [0, 0.1) is 6.92 Å². The fourth-order valence-corrected chi connectivity index (χ4v) is 5.21. The van der Waals surface area contributed by atoms with E-state index in [-0.39, 0.29) is 17.5 Å². The number of aryl methyl sites for hydroxylation is 2. The SMILES string of the molecule is COc1cc2ncn(CCCC(=O)N3CCCC3c3ccc(C)s3)c(=O)c2cc1OC. The first-order valence-electron chi connectivity index (χ1n) is 10.5. The van der Waals surface area contributed by atoms with Crippen LogP contribution in [0.2, 0.25) is 0 Å². The molecular formula is C23H27N3O4S. The van der Waals surface area contributed by atoms with Gasteiger partial charge in [0.2, 0.25) is 5.91 Å². The number of carbonyl (C=O) groups excluding carboxylic acids is 1. The lowest BCUT2D eigenvalue weighted by molar-refractivity contribution is -0.132. The molecular weight excluding hydrogens is 414 g/mol. The van der Waals surface area contributed by atoms with Crippen molar-refractivity contribution in [1.82, 2.24) is 14.5 Å². The normalized spacial score (nSPS) is 16.1. The van der Waals surface area contributed by atoms with Crippen LogP contribution >= 0.6 is 11.3 Å². The Kier molecular flexibility index (Phi) is 6.27. The molecule has 0 bridgehead atoms. The summed E-state index contributed by atoms with van der Waals surface area (Å²) < 4.78 is 12.1. The molecule has 31 heavy (non-hydrogen) atoms. The largest absolute Gasteiger partial charge is 0.493 e. The van der Waals surface area contributed by atoms with Gasteiger partial charge in [0.15, 0.2) is 11.5 Å². The van der Waals surface area contributed by atoms with E-state index in [9.17, 15) is 9.59 Å². The molecule has 0 N–H and O–H groups in total. The molecule has 3 aromatic rings. The van der Waals surface area contributed by atoms with Crippen LogP contribution in [0.1, 0.15) is 41.5 Å². The van der Waals surface area contributed by atoms with Gasteiger partial charge in [-0.15, -0.1) is 11.3 Å². The maximum atomic E-state index is 12.9. The molecule has 1 atom stereocenters. The molecule has 0 radical (unpaired) electrons. The molecule has 1 aliphatic rings. The molecule has 3 heterocycles. The van der Waals surface area contributed by atoms with Crippen LogP contribution in [-0.2, 0) is 11.3 Å². The summed E-state index contributed by atoms with van der Waals surface area (Å²) in [7, 11) is 3.08. The maximum absolute atomic E-state index is 12.9. The van der Waals surface area contributed by atoms with Gasteiger partial charge in [-0.25, -0.2) is 4.98 Å². The molecule has 1 aliphatic heterocycles. The van der Waals surface area contributed by atoms with E-state index in [1.807, 2.05) is 4.90 Å². The van der Waals surface area contributed by atoms with E-state index in [2.05, 4.69) is 24.0 Å². The third-order valence-corrected chi connectivity index (χ3v) is 6.88. The number of thiophene rings is 1. The van der Waals surface area contributed by atoms with Crippen LogP contribution in [0.25, 0.3) is 10.9 Å². The lowest BCUT2D eigenvalue weighted by Gasteiger charge is -2.24. The van der Waals surface area contributed by atoms with Gasteiger partial charge in [-0.3, -0.25) is 14.2 Å². The summed E-state index contributed by atoms with van der Waals surface area (Å²) in [6, 6.07) is 7.80. The summed E-state index contributed by atoms with van der Waals surface area (Å²) in [6.45, 7) is 3.34. The van der Waals surface area contributed by atoms with Crippen molar-refractivity contribution >= 4 is 28.1 Å². The minimum Gasteiger partial charge on any atom is -0.493 e. The first-order valence-corrected chi connectivity index (χ1v) is 11.3. The van der Waals surface area contributed by atoms with Gasteiger partial charge in [0.25, 0.3) is 5.56 Å². The van der Waals surface area contributed by atoms with Crippen molar-refractivity contribution < 1.29 is 14.3 Å². The Morgan fingerprint density at radius 1 is 1.23 bits per heavy atom. The predicted molar refractivity (Wildman–Crippen MR) is 121 cm³/mol. The topological polar surface area (TPSA) is 73.7 Å². The van der Waals surface area contributed by atoms with Crippen molar-refractivity contribution in [3.63, 3.8) is 0 Å². The Bertz CT molecular complexity index is 1150. The number of nitrogens with zero attached hydrogens (tertiary/aromatic N) is 3. The standard InChI is InChI=1S/C23H27N3O4S/c1-15-8-9-21(31-15)18-6-4-11-26(18)22(27)7-5-10-25-14-24-17-13-20(30-3)19(29-2)12-16(17)23(25)28/h8-9,12-14,18H,4-7,10-11H2,1-3H3. The molecule has 4 rings (SSSR count). The second-order valence-corrected chi connectivity index (χ2v) is 9.08. The molecule has 1 unspecified atom stereocenters. The molecule has 7 nitrogen and oxygen atoms in total. The monoisotopic (exact) mass is 441 g/mol. The number of ether oxygens (including phenoxy) is 2. The summed E-state index contributed by atoms with van der Waals surface area (Å²) >= 11 is 1.77. The number of hydrogen-bond donors (Lipinski definition) is 0. The van der Waals surface area contributed by atoms with E-state index in [0.29, 0.717) is 41.8 Å². The van der Waals surface area contributed by atoms with Crippen LogP contribution in [-0.4, -0.2) is 41.1 Å². The van der Waals surface area contributed by atoms with E-state index in [1.165, 1.54) is 23.2 Å². The summed E-state index contributed by atoms with van der Waals surface area (Å²) in [4.78, 5) is 34.7. The number of hydrogen-bond acceptors (Lipinski definition) is 6. The minimum atomic E-state index is -0.147. The molecule has 1 amide bonds. The van der Waals surface area contributed by atoms with Crippen LogP contribution in [0.15, 0.2) is 35.4 Å². The fourth-order valence-electron chi connectivity index (χ4n) is 4.18. The lowest BCUT2D eigenvalue weighted by Crippen LogP contribution is -2.30.